The number of hydrogen-bond donors (Lipinski definition) is 2. The molecule has 1 rings (SSSR count). The van der Waals surface area contributed by atoms with Crippen molar-refractivity contribution in [3.63, 3.8) is 0 Å². The van der Waals surface area contributed by atoms with Gasteiger partial charge in [0, 0.05) is 18.0 Å². The maximum atomic E-state index is 11.0. The molecule has 0 aromatic rings. The zero-order valence-corrected chi connectivity index (χ0v) is 6.42. The highest BCUT2D eigenvalue weighted by molar-refractivity contribution is 5.78. The molecule has 0 spiro atoms. The molecule has 0 aromatic heterocycles. The molecule has 0 saturated heterocycles. The molecule has 0 aliphatic heterocycles. The number of nitrogens with one attached hydrogen (secondary N) is 1. The lowest BCUT2D eigenvalue weighted by molar-refractivity contribution is -0.124. The van der Waals surface area contributed by atoms with Gasteiger partial charge in [0.2, 0.25) is 5.91 Å². The van der Waals surface area contributed by atoms with Gasteiger partial charge in [0.15, 0.2) is 0 Å². The molecule has 1 saturated carbocycles. The first kappa shape index (κ1) is 7.54. The Balaban J connectivity index is 2.20. The van der Waals surface area contributed by atoms with Crippen LogP contribution in [0.15, 0.2) is 0 Å². The molecule has 3 heteroatoms. The Hall–Kier alpha value is -0.570. The van der Waals surface area contributed by atoms with Crippen LogP contribution in [0.5, 0.6) is 0 Å². The van der Waals surface area contributed by atoms with E-state index in [-0.39, 0.29) is 23.9 Å². The summed E-state index contributed by atoms with van der Waals surface area (Å²) in [7, 11) is 0. The molecule has 58 valence electrons. The van der Waals surface area contributed by atoms with Crippen LogP contribution >= 0.6 is 0 Å². The van der Waals surface area contributed by atoms with E-state index in [0.29, 0.717) is 0 Å². The van der Waals surface area contributed by atoms with Crippen LogP contribution in [-0.4, -0.2) is 18.0 Å². The van der Waals surface area contributed by atoms with Gasteiger partial charge in [0.05, 0.1) is 0 Å². The molecule has 1 amide bonds. The van der Waals surface area contributed by atoms with Gasteiger partial charge in [0.1, 0.15) is 0 Å². The molecule has 2 atom stereocenters. The van der Waals surface area contributed by atoms with Gasteiger partial charge in [-0.3, -0.25) is 4.79 Å². The van der Waals surface area contributed by atoms with E-state index in [9.17, 15) is 4.79 Å². The molecule has 10 heavy (non-hydrogen) atoms. The van der Waals surface area contributed by atoms with E-state index in [2.05, 4.69) is 5.32 Å². The van der Waals surface area contributed by atoms with Gasteiger partial charge in [-0.15, -0.1) is 0 Å². The van der Waals surface area contributed by atoms with Crippen molar-refractivity contribution in [2.75, 3.05) is 0 Å². The predicted molar refractivity (Wildman–Crippen MR) is 39.4 cm³/mol. The summed E-state index contributed by atoms with van der Waals surface area (Å²) < 4.78 is 0. The molecule has 3 N–H and O–H groups in total. The first-order valence-electron chi connectivity index (χ1n) is 3.67. The van der Waals surface area contributed by atoms with E-state index < -0.39 is 0 Å². The van der Waals surface area contributed by atoms with Gasteiger partial charge in [-0.25, -0.2) is 0 Å². The summed E-state index contributed by atoms with van der Waals surface area (Å²) >= 11 is 0. The molecule has 0 heterocycles. The number of carbonyl (C=O) groups excluding carboxylic acids is 1. The zero-order chi connectivity index (χ0) is 7.72. The molecule has 1 aliphatic rings. The van der Waals surface area contributed by atoms with Gasteiger partial charge in [-0.2, -0.15) is 0 Å². The molecular formula is C7H14N2O. The maximum absolute atomic E-state index is 11.0. The van der Waals surface area contributed by atoms with Crippen molar-refractivity contribution in [2.45, 2.75) is 32.4 Å². The summed E-state index contributed by atoms with van der Waals surface area (Å²) in [5.41, 5.74) is 5.50. The van der Waals surface area contributed by atoms with Gasteiger partial charge in [0.25, 0.3) is 0 Å². The van der Waals surface area contributed by atoms with Gasteiger partial charge in [-0.05, 0) is 6.42 Å². The Labute approximate surface area is 61.0 Å². The summed E-state index contributed by atoms with van der Waals surface area (Å²) in [5, 5.41) is 2.84. The van der Waals surface area contributed by atoms with Gasteiger partial charge in [-0.1, -0.05) is 13.8 Å². The molecule has 0 bridgehead atoms. The minimum absolute atomic E-state index is 0.0767. The highest BCUT2D eigenvalue weighted by atomic mass is 16.1. The van der Waals surface area contributed by atoms with E-state index in [1.54, 1.807) is 0 Å². The first-order valence-corrected chi connectivity index (χ1v) is 3.67. The largest absolute Gasteiger partial charge is 0.352 e. The predicted octanol–water partition coefficient (Wildman–Crippen LogP) is -0.142. The number of hydrogen-bond acceptors (Lipinski definition) is 2. The highest BCUT2D eigenvalue weighted by Gasteiger charge is 2.34. The van der Waals surface area contributed by atoms with Crippen molar-refractivity contribution in [1.82, 2.24) is 5.32 Å². The van der Waals surface area contributed by atoms with Crippen molar-refractivity contribution in [1.29, 1.82) is 0 Å². The van der Waals surface area contributed by atoms with Crippen LogP contribution in [0.2, 0.25) is 0 Å². The van der Waals surface area contributed by atoms with Crippen molar-refractivity contribution < 1.29 is 4.79 Å². The lowest BCUT2D eigenvalue weighted by atomic mass is 10.2. The average molecular weight is 142 g/mol. The topological polar surface area (TPSA) is 55.1 Å². The van der Waals surface area contributed by atoms with E-state index >= 15 is 0 Å². The maximum Gasteiger partial charge on any atom is 0.222 e. The molecule has 2 unspecified atom stereocenters. The smallest absolute Gasteiger partial charge is 0.222 e. The number of carbonyl (C=O) groups is 1. The normalized spacial score (nSPS) is 30.4. The standard InChI is InChI=1S/C7H14N2O/c1-4(2)7(10)9-6-3-5(6)8/h4-6H,3,8H2,1-2H3,(H,9,10). The van der Waals surface area contributed by atoms with Crippen molar-refractivity contribution in [3.05, 3.63) is 0 Å². The molecule has 1 fully saturated rings. The van der Waals surface area contributed by atoms with Crippen molar-refractivity contribution in [3.8, 4) is 0 Å². The second kappa shape index (κ2) is 2.58. The van der Waals surface area contributed by atoms with E-state index in [1.165, 1.54) is 0 Å². The second-order valence-electron chi connectivity index (χ2n) is 3.17. The summed E-state index contributed by atoms with van der Waals surface area (Å²) in [5.74, 6) is 0.186. The highest BCUT2D eigenvalue weighted by Crippen LogP contribution is 2.17. The van der Waals surface area contributed by atoms with Crippen molar-refractivity contribution >= 4 is 5.91 Å². The second-order valence-corrected chi connectivity index (χ2v) is 3.17. The van der Waals surface area contributed by atoms with Gasteiger partial charge >= 0.3 is 0 Å². The van der Waals surface area contributed by atoms with Crippen LogP contribution in [0.1, 0.15) is 20.3 Å². The third kappa shape index (κ3) is 1.70. The molecule has 0 radical (unpaired) electrons. The van der Waals surface area contributed by atoms with Crippen LogP contribution in [0.25, 0.3) is 0 Å². The van der Waals surface area contributed by atoms with Crippen LogP contribution in [-0.2, 0) is 4.79 Å². The third-order valence-corrected chi connectivity index (χ3v) is 1.69. The van der Waals surface area contributed by atoms with Crippen LogP contribution in [0.4, 0.5) is 0 Å². The fourth-order valence-electron chi connectivity index (χ4n) is 0.730. The zero-order valence-electron chi connectivity index (χ0n) is 6.42. The number of rotatable bonds is 2. The molecule has 3 nitrogen and oxygen atoms in total. The molecular weight excluding hydrogens is 128 g/mol. The third-order valence-electron chi connectivity index (χ3n) is 1.69. The summed E-state index contributed by atoms with van der Waals surface area (Å²) in [6.45, 7) is 3.76. The van der Waals surface area contributed by atoms with E-state index in [0.717, 1.165) is 6.42 Å². The summed E-state index contributed by atoms with van der Waals surface area (Å²) in [4.78, 5) is 11.0. The number of amides is 1. The lowest BCUT2D eigenvalue weighted by Gasteiger charge is -2.04. The van der Waals surface area contributed by atoms with Crippen molar-refractivity contribution in [2.24, 2.45) is 11.7 Å². The fourth-order valence-corrected chi connectivity index (χ4v) is 0.730. The molecule has 1 aliphatic carbocycles. The SMILES string of the molecule is CC(C)C(=O)NC1CC1N. The van der Waals surface area contributed by atoms with E-state index in [4.69, 9.17) is 5.73 Å². The average Bonchev–Trinajstić information content (AvgIpc) is 2.46. The van der Waals surface area contributed by atoms with E-state index in [1.807, 2.05) is 13.8 Å². The van der Waals surface area contributed by atoms with Crippen LogP contribution in [0, 0.1) is 5.92 Å². The minimum Gasteiger partial charge on any atom is -0.352 e. The quantitative estimate of drug-likeness (QED) is 0.563. The Bertz CT molecular complexity index is 145. The first-order chi connectivity index (χ1) is 4.61. The number of nitrogens with two attached hydrogens (primary N) is 1. The summed E-state index contributed by atoms with van der Waals surface area (Å²) in [6.07, 6.45) is 0.943. The minimum atomic E-state index is 0.0767. The summed E-state index contributed by atoms with van der Waals surface area (Å²) in [6, 6.07) is 0.470. The van der Waals surface area contributed by atoms with Crippen LogP contribution in [0.3, 0.4) is 0 Å². The van der Waals surface area contributed by atoms with Gasteiger partial charge < -0.3 is 11.1 Å². The Morgan fingerprint density at radius 2 is 2.20 bits per heavy atom. The Kier molecular flexibility index (Phi) is 1.94. The fraction of sp³-hybridized carbons (Fsp3) is 0.857. The monoisotopic (exact) mass is 142 g/mol. The Morgan fingerprint density at radius 1 is 1.70 bits per heavy atom. The molecule has 0 aromatic carbocycles. The Morgan fingerprint density at radius 3 is 2.50 bits per heavy atom. The lowest BCUT2D eigenvalue weighted by Crippen LogP contribution is -2.32. The van der Waals surface area contributed by atoms with Crippen LogP contribution < -0.4 is 11.1 Å².